The zero-order chi connectivity index (χ0) is 21.9. The molecule has 1 saturated heterocycles. The Morgan fingerprint density at radius 2 is 1.75 bits per heavy atom. The van der Waals surface area contributed by atoms with E-state index in [-0.39, 0.29) is 11.7 Å². The largest absolute Gasteiger partial charge is 0.345 e. The summed E-state index contributed by atoms with van der Waals surface area (Å²) in [4.78, 5) is 22.2. The Labute approximate surface area is 190 Å². The van der Waals surface area contributed by atoms with Gasteiger partial charge in [0.15, 0.2) is 0 Å². The number of hydrogen-bond acceptors (Lipinski definition) is 5. The van der Waals surface area contributed by atoms with Crippen molar-refractivity contribution in [3.8, 4) is 0 Å². The van der Waals surface area contributed by atoms with Gasteiger partial charge in [-0.25, -0.2) is 9.37 Å². The summed E-state index contributed by atoms with van der Waals surface area (Å²) >= 11 is 1.38. The number of nitrogens with zero attached hydrogens (tertiary/aromatic N) is 4. The molecule has 0 unspecified atom stereocenters. The van der Waals surface area contributed by atoms with E-state index in [1.807, 2.05) is 47.4 Å². The summed E-state index contributed by atoms with van der Waals surface area (Å²) in [6.45, 7) is 2.93. The lowest BCUT2D eigenvalue weighted by Gasteiger charge is -2.22. The number of amides is 1. The Morgan fingerprint density at radius 3 is 2.62 bits per heavy atom. The third kappa shape index (κ3) is 4.34. The molecule has 0 saturated carbocycles. The highest BCUT2D eigenvalue weighted by molar-refractivity contribution is 7.09. The summed E-state index contributed by atoms with van der Waals surface area (Å²) in [5.74, 6) is 0.579. The second kappa shape index (κ2) is 9.04. The molecule has 3 aromatic carbocycles. The fraction of sp³-hybridized carbons (Fsp3) is 0.240. The molecule has 162 valence electrons. The summed E-state index contributed by atoms with van der Waals surface area (Å²) in [6, 6.07) is 20.4. The molecule has 1 aromatic heterocycles. The van der Waals surface area contributed by atoms with Crippen LogP contribution in [0.15, 0.2) is 66.7 Å². The van der Waals surface area contributed by atoms with Crippen molar-refractivity contribution in [3.05, 3.63) is 89.5 Å². The summed E-state index contributed by atoms with van der Waals surface area (Å²) < 4.78 is 17.6. The summed E-state index contributed by atoms with van der Waals surface area (Å²) in [5, 5.41) is 2.95. The second-order valence-electron chi connectivity index (χ2n) is 7.96. The molecule has 32 heavy (non-hydrogen) atoms. The van der Waals surface area contributed by atoms with Crippen molar-refractivity contribution < 1.29 is 9.18 Å². The van der Waals surface area contributed by atoms with Crippen LogP contribution in [0.25, 0.3) is 10.8 Å². The monoisotopic (exact) mass is 446 g/mol. The van der Waals surface area contributed by atoms with Crippen molar-refractivity contribution in [1.29, 1.82) is 0 Å². The van der Waals surface area contributed by atoms with Crippen molar-refractivity contribution in [3.63, 3.8) is 0 Å². The maximum Gasteiger partial charge on any atom is 0.254 e. The predicted molar refractivity (Wildman–Crippen MR) is 126 cm³/mol. The minimum atomic E-state index is -0.243. The zero-order valence-corrected chi connectivity index (χ0v) is 18.4. The first-order valence-electron chi connectivity index (χ1n) is 10.8. The average molecular weight is 447 g/mol. The highest BCUT2D eigenvalue weighted by Crippen LogP contribution is 2.23. The molecule has 2 heterocycles. The van der Waals surface area contributed by atoms with Crippen LogP contribution < -0.4 is 4.90 Å². The Hall–Kier alpha value is -3.32. The van der Waals surface area contributed by atoms with Gasteiger partial charge in [0.05, 0.1) is 0 Å². The summed E-state index contributed by atoms with van der Waals surface area (Å²) in [5.41, 5.74) is 1.74. The maximum absolute atomic E-state index is 13.3. The van der Waals surface area contributed by atoms with E-state index in [2.05, 4.69) is 9.27 Å². The van der Waals surface area contributed by atoms with Crippen LogP contribution in [0, 0.1) is 5.82 Å². The molecule has 0 atom stereocenters. The quantitative estimate of drug-likeness (QED) is 0.453. The molecule has 1 amide bonds. The van der Waals surface area contributed by atoms with Crippen LogP contribution in [0.1, 0.15) is 28.2 Å². The highest BCUT2D eigenvalue weighted by atomic mass is 32.1. The average Bonchev–Trinajstić information content (AvgIpc) is 3.14. The first-order chi connectivity index (χ1) is 15.7. The van der Waals surface area contributed by atoms with E-state index in [9.17, 15) is 9.18 Å². The van der Waals surface area contributed by atoms with Crippen LogP contribution in [0.3, 0.4) is 0 Å². The highest BCUT2D eigenvalue weighted by Gasteiger charge is 2.23. The second-order valence-corrected chi connectivity index (χ2v) is 8.69. The minimum Gasteiger partial charge on any atom is -0.345 e. The number of hydrogen-bond donors (Lipinski definition) is 0. The fourth-order valence-electron chi connectivity index (χ4n) is 4.12. The smallest absolute Gasteiger partial charge is 0.254 e. The number of halogens is 1. The Bertz CT molecular complexity index is 1230. The van der Waals surface area contributed by atoms with Gasteiger partial charge in [-0.2, -0.15) is 4.37 Å². The molecule has 0 N–H and O–H groups in total. The Morgan fingerprint density at radius 1 is 0.938 bits per heavy atom. The summed E-state index contributed by atoms with van der Waals surface area (Å²) in [6.07, 6.45) is 1.46. The Balaban J connectivity index is 1.27. The lowest BCUT2D eigenvalue weighted by atomic mass is 10.0. The number of aromatic nitrogens is 2. The molecule has 5 rings (SSSR count). The van der Waals surface area contributed by atoms with Crippen LogP contribution >= 0.6 is 11.5 Å². The number of carbonyl (C=O) groups is 1. The summed E-state index contributed by atoms with van der Waals surface area (Å²) in [7, 11) is 0. The van der Waals surface area contributed by atoms with Gasteiger partial charge in [-0.3, -0.25) is 4.79 Å². The number of fused-ring (bicyclic) bond motifs is 1. The van der Waals surface area contributed by atoms with Crippen molar-refractivity contribution in [1.82, 2.24) is 14.3 Å². The minimum absolute atomic E-state index is 0.0814. The Kier molecular flexibility index (Phi) is 5.81. The van der Waals surface area contributed by atoms with Gasteiger partial charge in [0.1, 0.15) is 11.6 Å². The van der Waals surface area contributed by atoms with E-state index >= 15 is 0 Å². The van der Waals surface area contributed by atoms with E-state index in [1.54, 1.807) is 12.1 Å². The molecular formula is C25H23FN4OS. The van der Waals surface area contributed by atoms with Crippen LogP contribution in [-0.4, -0.2) is 46.3 Å². The standard InChI is InChI=1S/C25H23FN4OS/c26-20-11-9-18(10-12-20)17-23-27-25(32-28-23)30-14-4-13-29(15-16-30)24(31)22-8-3-6-19-5-1-2-7-21(19)22/h1-3,5-12H,4,13-17H2. The first kappa shape index (κ1) is 20.6. The van der Waals surface area contributed by atoms with Gasteiger partial charge in [0, 0.05) is 49.7 Å². The third-order valence-electron chi connectivity index (χ3n) is 5.81. The fourth-order valence-corrected chi connectivity index (χ4v) is 4.86. The molecule has 4 aromatic rings. The SMILES string of the molecule is O=C(c1cccc2ccccc12)N1CCCN(c2nc(Cc3ccc(F)cc3)ns2)CC1. The molecule has 0 bridgehead atoms. The number of anilines is 1. The van der Waals surface area contributed by atoms with Crippen molar-refractivity contribution in [2.75, 3.05) is 31.1 Å². The van der Waals surface area contributed by atoms with Gasteiger partial charge < -0.3 is 9.80 Å². The molecule has 0 aliphatic carbocycles. The van der Waals surface area contributed by atoms with Crippen LogP contribution in [0.4, 0.5) is 9.52 Å². The normalized spacial score (nSPS) is 14.5. The van der Waals surface area contributed by atoms with E-state index in [0.29, 0.717) is 13.0 Å². The van der Waals surface area contributed by atoms with Gasteiger partial charge in [0.2, 0.25) is 5.13 Å². The topological polar surface area (TPSA) is 49.3 Å². The van der Waals surface area contributed by atoms with Gasteiger partial charge in [0.25, 0.3) is 5.91 Å². The molecular weight excluding hydrogens is 423 g/mol. The van der Waals surface area contributed by atoms with E-state index in [1.165, 1.54) is 23.7 Å². The number of benzene rings is 3. The molecule has 0 spiro atoms. The van der Waals surface area contributed by atoms with Crippen LogP contribution in [0.5, 0.6) is 0 Å². The van der Waals surface area contributed by atoms with Gasteiger partial charge in [-0.1, -0.05) is 48.5 Å². The molecule has 5 nitrogen and oxygen atoms in total. The molecule has 1 fully saturated rings. The van der Waals surface area contributed by atoms with Gasteiger partial charge in [-0.05, 0) is 41.0 Å². The van der Waals surface area contributed by atoms with Gasteiger partial charge >= 0.3 is 0 Å². The van der Waals surface area contributed by atoms with Gasteiger partial charge in [-0.15, -0.1) is 0 Å². The number of rotatable bonds is 4. The van der Waals surface area contributed by atoms with Crippen molar-refractivity contribution >= 4 is 33.3 Å². The molecule has 7 heteroatoms. The van der Waals surface area contributed by atoms with Crippen molar-refractivity contribution in [2.45, 2.75) is 12.8 Å². The number of carbonyl (C=O) groups excluding carboxylic acids is 1. The molecule has 1 aliphatic rings. The zero-order valence-electron chi connectivity index (χ0n) is 17.6. The lowest BCUT2D eigenvalue weighted by molar-refractivity contribution is 0.0769. The van der Waals surface area contributed by atoms with E-state index < -0.39 is 0 Å². The molecule has 0 radical (unpaired) electrons. The van der Waals surface area contributed by atoms with E-state index in [0.717, 1.165) is 58.9 Å². The maximum atomic E-state index is 13.3. The van der Waals surface area contributed by atoms with E-state index in [4.69, 9.17) is 4.98 Å². The van der Waals surface area contributed by atoms with Crippen LogP contribution in [0.2, 0.25) is 0 Å². The first-order valence-corrected chi connectivity index (χ1v) is 11.5. The van der Waals surface area contributed by atoms with Crippen molar-refractivity contribution in [2.24, 2.45) is 0 Å². The lowest BCUT2D eigenvalue weighted by Crippen LogP contribution is -2.35. The predicted octanol–water partition coefficient (Wildman–Crippen LogP) is 4.77. The van der Waals surface area contributed by atoms with Crippen LogP contribution in [-0.2, 0) is 6.42 Å². The third-order valence-corrected chi connectivity index (χ3v) is 6.62. The molecule has 1 aliphatic heterocycles.